The molecule has 0 saturated carbocycles. The smallest absolute Gasteiger partial charge is 0.357 e. The number of nitrogens with zero attached hydrogens (tertiary/aromatic N) is 2. The summed E-state index contributed by atoms with van der Waals surface area (Å²) in [4.78, 5) is 19.4. The molecule has 0 radical (unpaired) electrons. The molecule has 3 aromatic rings. The molecule has 26 heavy (non-hydrogen) atoms. The topological polar surface area (TPSA) is 89.4 Å². The third kappa shape index (κ3) is 3.51. The monoisotopic (exact) mass is 534 g/mol. The van der Waals surface area contributed by atoms with Crippen molar-refractivity contribution in [2.24, 2.45) is 0 Å². The Hall–Kier alpha value is -2.20. The predicted molar refractivity (Wildman–Crippen MR) is 89.5 cm³/mol. The van der Waals surface area contributed by atoms with E-state index in [1.54, 1.807) is 12.5 Å². The Morgan fingerprint density at radius 1 is 1.08 bits per heavy atom. The summed E-state index contributed by atoms with van der Waals surface area (Å²) >= 11 is 0. The van der Waals surface area contributed by atoms with E-state index in [1.807, 2.05) is 45.9 Å². The SMILES string of the molecule is CC(C)(c1[c-]c(C(C)(C)c2nc(C(=O)O)co2)ccc1)c1ncco1.[Pt]. The van der Waals surface area contributed by atoms with Gasteiger partial charge in [-0.2, -0.15) is 24.3 Å². The van der Waals surface area contributed by atoms with Crippen molar-refractivity contribution in [1.29, 1.82) is 0 Å². The molecule has 2 aromatic heterocycles. The second-order valence-corrected chi connectivity index (χ2v) is 6.91. The summed E-state index contributed by atoms with van der Waals surface area (Å²) < 4.78 is 10.9. The fourth-order valence-electron chi connectivity index (χ4n) is 2.62. The van der Waals surface area contributed by atoms with Crippen LogP contribution in [0.15, 0.2) is 45.8 Å². The zero-order chi connectivity index (χ0) is 18.2. The molecule has 1 aromatic carbocycles. The molecule has 0 saturated heterocycles. The second-order valence-electron chi connectivity index (χ2n) is 6.91. The fourth-order valence-corrected chi connectivity index (χ4v) is 2.62. The van der Waals surface area contributed by atoms with E-state index in [0.717, 1.165) is 17.4 Å². The van der Waals surface area contributed by atoms with Crippen molar-refractivity contribution in [3.8, 4) is 0 Å². The van der Waals surface area contributed by atoms with Crippen LogP contribution in [0, 0.1) is 6.07 Å². The van der Waals surface area contributed by atoms with Crippen LogP contribution >= 0.6 is 0 Å². The number of hydrogen-bond donors (Lipinski definition) is 1. The van der Waals surface area contributed by atoms with Gasteiger partial charge in [-0.25, -0.2) is 14.8 Å². The quantitative estimate of drug-likeness (QED) is 0.501. The summed E-state index contributed by atoms with van der Waals surface area (Å²) in [5.41, 5.74) is 0.530. The summed E-state index contributed by atoms with van der Waals surface area (Å²) in [6.07, 6.45) is 4.32. The predicted octanol–water partition coefficient (Wildman–Crippen LogP) is 3.81. The first kappa shape index (κ1) is 20.1. The zero-order valence-electron chi connectivity index (χ0n) is 14.8. The number of carboxylic acid groups (broad SMARTS) is 1. The van der Waals surface area contributed by atoms with Crippen molar-refractivity contribution in [2.75, 3.05) is 0 Å². The van der Waals surface area contributed by atoms with E-state index < -0.39 is 16.8 Å². The molecule has 0 aliphatic heterocycles. The van der Waals surface area contributed by atoms with E-state index in [1.165, 1.54) is 0 Å². The molecule has 7 heteroatoms. The van der Waals surface area contributed by atoms with E-state index in [0.29, 0.717) is 11.8 Å². The average Bonchev–Trinajstić information content (AvgIpc) is 3.27. The van der Waals surface area contributed by atoms with E-state index >= 15 is 0 Å². The van der Waals surface area contributed by atoms with E-state index in [2.05, 4.69) is 16.0 Å². The fraction of sp³-hybridized carbons (Fsp3) is 0.316. The third-order valence-electron chi connectivity index (χ3n) is 4.37. The van der Waals surface area contributed by atoms with Crippen molar-refractivity contribution >= 4 is 5.97 Å². The van der Waals surface area contributed by atoms with Gasteiger partial charge in [0.15, 0.2) is 5.69 Å². The second kappa shape index (κ2) is 7.20. The molecule has 1 N–H and O–H groups in total. The Bertz CT molecular complexity index is 898. The number of benzene rings is 1. The first-order chi connectivity index (χ1) is 11.7. The molecule has 6 nitrogen and oxygen atoms in total. The zero-order valence-corrected chi connectivity index (χ0v) is 17.1. The Labute approximate surface area is 165 Å². The Kier molecular flexibility index (Phi) is 5.57. The molecule has 0 atom stereocenters. The Morgan fingerprint density at radius 3 is 2.19 bits per heavy atom. The van der Waals surface area contributed by atoms with E-state index in [4.69, 9.17) is 13.9 Å². The van der Waals surface area contributed by atoms with Gasteiger partial charge in [0.25, 0.3) is 0 Å². The van der Waals surface area contributed by atoms with Gasteiger partial charge in [-0.05, 0) is 27.7 Å². The number of carbonyl (C=O) groups is 1. The van der Waals surface area contributed by atoms with Gasteiger partial charge in [-0.3, -0.25) is 0 Å². The Balaban J connectivity index is 0.00000243. The van der Waals surface area contributed by atoms with Gasteiger partial charge in [0.05, 0.1) is 6.20 Å². The number of aromatic carboxylic acids is 1. The van der Waals surface area contributed by atoms with Crippen LogP contribution in [0.2, 0.25) is 0 Å². The van der Waals surface area contributed by atoms with Crippen LogP contribution in [0.5, 0.6) is 0 Å². The molecule has 0 unspecified atom stereocenters. The largest absolute Gasteiger partial charge is 0.476 e. The minimum Gasteiger partial charge on any atom is -0.476 e. The molecule has 3 rings (SSSR count). The molecule has 0 fully saturated rings. The summed E-state index contributed by atoms with van der Waals surface area (Å²) in [6, 6.07) is 9.20. The van der Waals surface area contributed by atoms with Gasteiger partial charge < -0.3 is 13.9 Å². The van der Waals surface area contributed by atoms with Crippen LogP contribution in [0.3, 0.4) is 0 Å². The molecule has 0 aliphatic rings. The Morgan fingerprint density at radius 2 is 1.69 bits per heavy atom. The maximum atomic E-state index is 11.0. The summed E-state index contributed by atoms with van der Waals surface area (Å²) in [5, 5.41) is 9.04. The van der Waals surface area contributed by atoms with E-state index in [-0.39, 0.29) is 26.8 Å². The third-order valence-corrected chi connectivity index (χ3v) is 4.37. The van der Waals surface area contributed by atoms with Crippen LogP contribution in [0.4, 0.5) is 0 Å². The number of hydrogen-bond acceptors (Lipinski definition) is 5. The minimum atomic E-state index is -1.12. The van der Waals surface area contributed by atoms with Crippen LogP contribution < -0.4 is 0 Å². The molecular weight excluding hydrogens is 515 g/mol. The van der Waals surface area contributed by atoms with Crippen LogP contribution in [0.25, 0.3) is 0 Å². The molecule has 0 aliphatic carbocycles. The van der Waals surface area contributed by atoms with Crippen LogP contribution in [-0.2, 0) is 31.9 Å². The molecule has 0 spiro atoms. The minimum absolute atomic E-state index is 0. The van der Waals surface area contributed by atoms with Crippen molar-refractivity contribution in [3.05, 3.63) is 71.6 Å². The van der Waals surface area contributed by atoms with Crippen molar-refractivity contribution in [2.45, 2.75) is 38.5 Å². The molecule has 2 heterocycles. The maximum absolute atomic E-state index is 11.0. The number of carboxylic acids is 1. The average molecular weight is 534 g/mol. The first-order valence-corrected chi connectivity index (χ1v) is 7.85. The molecular formula is C19H19N2O4Pt-. The normalized spacial score (nSPS) is 11.8. The van der Waals surface area contributed by atoms with Crippen molar-refractivity contribution in [3.63, 3.8) is 0 Å². The molecule has 0 amide bonds. The standard InChI is InChI=1S/C19H19N2O4.Pt/c1-18(2,16-20-8-9-24-16)12-6-5-7-13(10-12)19(3,4)17-21-14(11-25-17)15(22)23;/h5-9,11H,1-4H3,(H,22,23);/q-1;. The van der Waals surface area contributed by atoms with Gasteiger partial charge in [0.2, 0.25) is 11.8 Å². The first-order valence-electron chi connectivity index (χ1n) is 7.85. The summed E-state index contributed by atoms with van der Waals surface area (Å²) in [7, 11) is 0. The van der Waals surface area contributed by atoms with Crippen LogP contribution in [-0.4, -0.2) is 21.0 Å². The number of rotatable bonds is 5. The van der Waals surface area contributed by atoms with Crippen molar-refractivity contribution < 1.29 is 39.8 Å². The van der Waals surface area contributed by atoms with Gasteiger partial charge >= 0.3 is 5.97 Å². The summed E-state index contributed by atoms with van der Waals surface area (Å²) in [5.74, 6) is -0.191. The molecule has 0 bridgehead atoms. The van der Waals surface area contributed by atoms with Gasteiger partial charge in [0.1, 0.15) is 12.5 Å². The van der Waals surface area contributed by atoms with Crippen LogP contribution in [0.1, 0.15) is 61.1 Å². The number of aromatic nitrogens is 2. The van der Waals surface area contributed by atoms with E-state index in [9.17, 15) is 4.79 Å². The maximum Gasteiger partial charge on any atom is 0.357 e. The molecule has 140 valence electrons. The van der Waals surface area contributed by atoms with Gasteiger partial charge in [0, 0.05) is 31.9 Å². The van der Waals surface area contributed by atoms with Gasteiger partial charge in [-0.1, -0.05) is 0 Å². The number of oxazole rings is 2. The summed E-state index contributed by atoms with van der Waals surface area (Å²) in [6.45, 7) is 7.85. The van der Waals surface area contributed by atoms with Gasteiger partial charge in [-0.15, -0.1) is 11.1 Å². The van der Waals surface area contributed by atoms with Crippen molar-refractivity contribution in [1.82, 2.24) is 9.97 Å².